The van der Waals surface area contributed by atoms with E-state index in [-0.39, 0.29) is 42.5 Å². The first-order chi connectivity index (χ1) is 22.0. The Labute approximate surface area is 274 Å². The Balaban J connectivity index is 1.54. The highest BCUT2D eigenvalue weighted by atomic mass is 35.5. The van der Waals surface area contributed by atoms with Gasteiger partial charge in [0.05, 0.1) is 5.69 Å². The molecule has 0 saturated carbocycles. The largest absolute Gasteiger partial charge is 0.344 e. The molecule has 3 atom stereocenters. The molecular formula is C34H42ClFN6O4. The zero-order valence-corrected chi connectivity index (χ0v) is 27.5. The third-order valence-corrected chi connectivity index (χ3v) is 8.89. The van der Waals surface area contributed by atoms with E-state index in [1.807, 2.05) is 14.0 Å². The number of benzene rings is 2. The highest BCUT2D eigenvalue weighted by Gasteiger charge is 2.33. The van der Waals surface area contributed by atoms with Gasteiger partial charge in [0.25, 0.3) is 0 Å². The van der Waals surface area contributed by atoms with Gasteiger partial charge in [0.2, 0.25) is 17.7 Å². The molecule has 1 fully saturated rings. The van der Waals surface area contributed by atoms with Crippen LogP contribution in [-0.4, -0.2) is 82.4 Å². The van der Waals surface area contributed by atoms with Gasteiger partial charge in [-0.3, -0.25) is 23.9 Å². The summed E-state index contributed by atoms with van der Waals surface area (Å²) >= 11 is 6.39. The first-order valence-corrected chi connectivity index (χ1v) is 16.1. The topological polar surface area (TPSA) is 117 Å². The molecule has 2 aromatic carbocycles. The molecule has 0 unspecified atom stereocenters. The van der Waals surface area contributed by atoms with Crippen LogP contribution in [0.15, 0.2) is 54.7 Å². The molecule has 12 heteroatoms. The highest BCUT2D eigenvalue weighted by molar-refractivity contribution is 6.31. The monoisotopic (exact) mass is 652 g/mol. The standard InChI is InChI=1S/C34H42ClFN6O4/c1-5-31(44)39-32(34(46)41-17-15-40(4)16-18-41)22(3)23-11-12-28(27(36)20-23)38-33(45)25(19-24-9-7-8-10-26(24)35)21-30(43)29-13-14-37-42(29)6-2/h7-14,20,22,25,32H,5-6,15-19,21H2,1-4H3,(H,38,45)(H,39,44)/t22-,25+,32+/m0/s1. The van der Waals surface area contributed by atoms with Gasteiger partial charge < -0.3 is 20.4 Å². The number of aromatic nitrogens is 2. The molecule has 46 heavy (non-hydrogen) atoms. The summed E-state index contributed by atoms with van der Waals surface area (Å²) in [6.45, 7) is 8.37. The molecule has 2 heterocycles. The van der Waals surface area contributed by atoms with Crippen LogP contribution in [0.25, 0.3) is 0 Å². The number of aryl methyl sites for hydroxylation is 1. The van der Waals surface area contributed by atoms with Gasteiger partial charge in [-0.25, -0.2) is 4.39 Å². The summed E-state index contributed by atoms with van der Waals surface area (Å²) in [5.41, 5.74) is 1.52. The Morgan fingerprint density at radius 2 is 1.74 bits per heavy atom. The molecule has 3 aromatic rings. The molecule has 1 aromatic heterocycles. The molecule has 3 amide bonds. The number of hydrogen-bond acceptors (Lipinski definition) is 6. The van der Waals surface area contributed by atoms with E-state index in [4.69, 9.17) is 11.6 Å². The van der Waals surface area contributed by atoms with Crippen LogP contribution in [0.5, 0.6) is 0 Å². The average molecular weight is 653 g/mol. The molecule has 2 N–H and O–H groups in total. The van der Waals surface area contributed by atoms with E-state index in [0.717, 1.165) is 13.1 Å². The van der Waals surface area contributed by atoms with Crippen molar-refractivity contribution in [2.24, 2.45) is 5.92 Å². The minimum absolute atomic E-state index is 0.0595. The average Bonchev–Trinajstić information content (AvgIpc) is 3.54. The summed E-state index contributed by atoms with van der Waals surface area (Å²) in [6, 6.07) is 12.2. The number of likely N-dealkylation sites (N-methyl/N-ethyl adjacent to an activating group) is 1. The van der Waals surface area contributed by atoms with Gasteiger partial charge in [-0.05, 0) is 55.8 Å². The van der Waals surface area contributed by atoms with Gasteiger partial charge in [0.15, 0.2) is 5.78 Å². The lowest BCUT2D eigenvalue weighted by atomic mass is 9.91. The van der Waals surface area contributed by atoms with Crippen LogP contribution < -0.4 is 10.6 Å². The fourth-order valence-corrected chi connectivity index (χ4v) is 5.79. The molecular weight excluding hydrogens is 611 g/mol. The third kappa shape index (κ3) is 8.58. The van der Waals surface area contributed by atoms with Crippen molar-refractivity contribution in [1.82, 2.24) is 24.9 Å². The first-order valence-electron chi connectivity index (χ1n) is 15.7. The zero-order chi connectivity index (χ0) is 33.4. The van der Waals surface area contributed by atoms with Crippen molar-refractivity contribution in [1.29, 1.82) is 0 Å². The molecule has 0 bridgehead atoms. The zero-order valence-electron chi connectivity index (χ0n) is 26.8. The van der Waals surface area contributed by atoms with Crippen molar-refractivity contribution in [2.75, 3.05) is 38.5 Å². The van der Waals surface area contributed by atoms with Crippen molar-refractivity contribution in [3.63, 3.8) is 0 Å². The van der Waals surface area contributed by atoms with Crippen LogP contribution in [0.1, 0.15) is 61.1 Å². The molecule has 10 nitrogen and oxygen atoms in total. The Kier molecular flexibility index (Phi) is 12.1. The predicted octanol–water partition coefficient (Wildman–Crippen LogP) is 4.54. The van der Waals surface area contributed by atoms with Gasteiger partial charge in [-0.1, -0.05) is 49.7 Å². The molecule has 246 valence electrons. The molecule has 0 aliphatic carbocycles. The van der Waals surface area contributed by atoms with Crippen LogP contribution in [0, 0.1) is 11.7 Å². The number of hydrogen-bond donors (Lipinski definition) is 2. The number of carbonyl (C=O) groups excluding carboxylic acids is 4. The minimum Gasteiger partial charge on any atom is -0.344 e. The van der Waals surface area contributed by atoms with Crippen LogP contribution in [0.4, 0.5) is 10.1 Å². The van der Waals surface area contributed by atoms with Crippen molar-refractivity contribution in [2.45, 2.75) is 58.5 Å². The van der Waals surface area contributed by atoms with Gasteiger partial charge >= 0.3 is 0 Å². The quantitative estimate of drug-likeness (QED) is 0.262. The van der Waals surface area contributed by atoms with Crippen molar-refractivity contribution in [3.05, 3.63) is 82.4 Å². The van der Waals surface area contributed by atoms with Crippen molar-refractivity contribution < 1.29 is 23.6 Å². The fraction of sp³-hybridized carbons (Fsp3) is 0.441. The highest BCUT2D eigenvalue weighted by Crippen LogP contribution is 2.28. The Morgan fingerprint density at radius 3 is 2.39 bits per heavy atom. The van der Waals surface area contributed by atoms with E-state index in [1.165, 1.54) is 18.3 Å². The smallest absolute Gasteiger partial charge is 0.245 e. The lowest BCUT2D eigenvalue weighted by Gasteiger charge is -2.36. The van der Waals surface area contributed by atoms with E-state index >= 15 is 4.39 Å². The van der Waals surface area contributed by atoms with E-state index in [0.29, 0.717) is 41.5 Å². The van der Waals surface area contributed by atoms with Crippen LogP contribution in [-0.2, 0) is 27.3 Å². The number of amides is 3. The molecule has 0 spiro atoms. The first kappa shape index (κ1) is 34.8. The van der Waals surface area contributed by atoms with Crippen molar-refractivity contribution in [3.8, 4) is 0 Å². The number of rotatable bonds is 13. The normalized spacial score (nSPS) is 15.6. The molecule has 0 radical (unpaired) electrons. The lowest BCUT2D eigenvalue weighted by molar-refractivity contribution is -0.138. The molecule has 1 aliphatic heterocycles. The molecule has 4 rings (SSSR count). The Bertz CT molecular complexity index is 1550. The van der Waals surface area contributed by atoms with Crippen molar-refractivity contribution >= 4 is 40.8 Å². The van der Waals surface area contributed by atoms with E-state index < -0.39 is 29.6 Å². The van der Waals surface area contributed by atoms with E-state index in [2.05, 4.69) is 20.6 Å². The van der Waals surface area contributed by atoms with Gasteiger partial charge in [-0.2, -0.15) is 5.10 Å². The maximum Gasteiger partial charge on any atom is 0.245 e. The number of halogens is 2. The second kappa shape index (κ2) is 16.0. The Morgan fingerprint density at radius 1 is 1.02 bits per heavy atom. The predicted molar refractivity (Wildman–Crippen MR) is 175 cm³/mol. The third-order valence-electron chi connectivity index (χ3n) is 8.52. The number of piperazine rings is 1. The van der Waals surface area contributed by atoms with E-state index in [9.17, 15) is 19.2 Å². The second-order valence-electron chi connectivity index (χ2n) is 11.7. The number of Topliss-reactive ketones (excluding diaryl/α,β-unsaturated/α-hetero) is 1. The number of nitrogens with zero attached hydrogens (tertiary/aromatic N) is 4. The van der Waals surface area contributed by atoms with Crippen LogP contribution in [0.2, 0.25) is 5.02 Å². The maximum absolute atomic E-state index is 15.6. The van der Waals surface area contributed by atoms with Gasteiger partial charge in [-0.15, -0.1) is 0 Å². The summed E-state index contributed by atoms with van der Waals surface area (Å²) in [4.78, 5) is 56.6. The number of carbonyl (C=O) groups is 4. The minimum atomic E-state index is -0.877. The maximum atomic E-state index is 15.6. The number of nitrogens with one attached hydrogen (secondary N) is 2. The summed E-state index contributed by atoms with van der Waals surface area (Å²) in [6.07, 6.45) is 1.78. The molecule has 1 aliphatic rings. The molecule has 1 saturated heterocycles. The SMILES string of the molecule is CCC(=O)N[C@@H](C(=O)N1CCN(C)CC1)[C@@H](C)c1ccc(NC(=O)[C@@H](CC(=O)c2ccnn2CC)Cc2ccccc2Cl)c(F)c1. The van der Waals surface area contributed by atoms with E-state index in [1.54, 1.807) is 59.8 Å². The fourth-order valence-electron chi connectivity index (χ4n) is 5.58. The Hall–Kier alpha value is -4.09. The second-order valence-corrected chi connectivity index (χ2v) is 12.1. The number of anilines is 1. The number of ketones is 1. The summed E-state index contributed by atoms with van der Waals surface area (Å²) in [5.74, 6) is -3.37. The summed E-state index contributed by atoms with van der Waals surface area (Å²) < 4.78 is 17.2. The van der Waals surface area contributed by atoms with Crippen LogP contribution >= 0.6 is 11.6 Å². The van der Waals surface area contributed by atoms with Gasteiger partial charge in [0.1, 0.15) is 17.6 Å². The summed E-state index contributed by atoms with van der Waals surface area (Å²) in [5, 5.41) is 10.1. The van der Waals surface area contributed by atoms with Crippen LogP contribution in [0.3, 0.4) is 0 Å². The van der Waals surface area contributed by atoms with Gasteiger partial charge in [0, 0.05) is 68.6 Å². The summed E-state index contributed by atoms with van der Waals surface area (Å²) in [7, 11) is 1.99. The lowest BCUT2D eigenvalue weighted by Crippen LogP contribution is -2.55.